The monoisotopic (exact) mass is 139 g/mol. The summed E-state index contributed by atoms with van der Waals surface area (Å²) in [6.07, 6.45) is 5.83. The molecular formula is C8H13NO. The number of nitrogens with zero attached hydrogens (tertiary/aromatic N) is 1. The van der Waals surface area contributed by atoms with Crippen LogP contribution in [0.15, 0.2) is 0 Å². The lowest BCUT2D eigenvalue weighted by Gasteiger charge is -2.30. The van der Waals surface area contributed by atoms with Crippen molar-refractivity contribution in [3.8, 4) is 12.3 Å². The van der Waals surface area contributed by atoms with Crippen LogP contribution in [0.25, 0.3) is 0 Å². The van der Waals surface area contributed by atoms with Gasteiger partial charge in [-0.1, -0.05) is 5.92 Å². The molecule has 0 bridgehead atoms. The average molecular weight is 139 g/mol. The second kappa shape index (κ2) is 3.26. The molecule has 0 unspecified atom stereocenters. The molecule has 1 amide bonds. The van der Waals surface area contributed by atoms with Gasteiger partial charge in [0.2, 0.25) is 6.41 Å². The van der Waals surface area contributed by atoms with E-state index in [-0.39, 0.29) is 5.54 Å². The molecule has 0 N–H and O–H groups in total. The first kappa shape index (κ1) is 9.03. The molecule has 0 saturated heterocycles. The summed E-state index contributed by atoms with van der Waals surface area (Å²) in [7, 11) is 0. The average Bonchev–Trinajstić information content (AvgIpc) is 1.80. The number of carbonyl (C=O) groups excluding carboxylic acids is 1. The van der Waals surface area contributed by atoms with E-state index in [1.54, 1.807) is 4.90 Å². The molecule has 56 valence electrons. The van der Waals surface area contributed by atoms with Crippen LogP contribution in [0.3, 0.4) is 0 Å². The topological polar surface area (TPSA) is 20.3 Å². The van der Waals surface area contributed by atoms with Gasteiger partial charge in [0.25, 0.3) is 0 Å². The standard InChI is InChI=1S/C8H13NO/c1-5-6-9(7-10)8(2,3)4/h1,7H,6H2,2-4H3. The fraction of sp³-hybridized carbons (Fsp3) is 0.625. The third kappa shape index (κ3) is 2.54. The Morgan fingerprint density at radius 1 is 1.60 bits per heavy atom. The van der Waals surface area contributed by atoms with E-state index in [1.165, 1.54) is 0 Å². The summed E-state index contributed by atoms with van der Waals surface area (Å²) in [6, 6.07) is 0. The minimum atomic E-state index is -0.159. The molecule has 0 aliphatic heterocycles. The van der Waals surface area contributed by atoms with Gasteiger partial charge in [0, 0.05) is 5.54 Å². The number of rotatable bonds is 2. The van der Waals surface area contributed by atoms with Crippen molar-refractivity contribution in [3.63, 3.8) is 0 Å². The third-order valence-corrected chi connectivity index (χ3v) is 1.25. The molecule has 0 radical (unpaired) electrons. The van der Waals surface area contributed by atoms with E-state index in [4.69, 9.17) is 6.42 Å². The van der Waals surface area contributed by atoms with Crippen molar-refractivity contribution in [2.24, 2.45) is 0 Å². The lowest BCUT2D eigenvalue weighted by molar-refractivity contribution is -0.121. The minimum Gasteiger partial charge on any atom is -0.329 e. The first-order valence-electron chi connectivity index (χ1n) is 3.18. The molecule has 0 saturated carbocycles. The maximum absolute atomic E-state index is 10.4. The molecule has 0 aromatic heterocycles. The molecule has 0 aliphatic rings. The maximum atomic E-state index is 10.4. The Morgan fingerprint density at radius 2 is 2.10 bits per heavy atom. The molecule has 0 aromatic carbocycles. The minimum absolute atomic E-state index is 0.159. The zero-order valence-corrected chi connectivity index (χ0v) is 6.72. The molecule has 0 fully saturated rings. The molecule has 10 heavy (non-hydrogen) atoms. The summed E-state index contributed by atoms with van der Waals surface area (Å²) < 4.78 is 0. The zero-order valence-electron chi connectivity index (χ0n) is 6.72. The van der Waals surface area contributed by atoms with Gasteiger partial charge in [-0.3, -0.25) is 4.79 Å². The van der Waals surface area contributed by atoms with E-state index >= 15 is 0 Å². The quantitative estimate of drug-likeness (QED) is 0.411. The Hall–Kier alpha value is -0.970. The zero-order chi connectivity index (χ0) is 8.20. The van der Waals surface area contributed by atoms with Crippen LogP contribution in [0.2, 0.25) is 0 Å². The largest absolute Gasteiger partial charge is 0.329 e. The van der Waals surface area contributed by atoms with E-state index in [1.807, 2.05) is 20.8 Å². The third-order valence-electron chi connectivity index (χ3n) is 1.25. The van der Waals surface area contributed by atoms with E-state index in [0.29, 0.717) is 6.54 Å². The molecule has 0 spiro atoms. The Morgan fingerprint density at radius 3 is 2.20 bits per heavy atom. The Bertz CT molecular complexity index is 150. The van der Waals surface area contributed by atoms with Gasteiger partial charge in [-0.2, -0.15) is 0 Å². The summed E-state index contributed by atoms with van der Waals surface area (Å²) >= 11 is 0. The summed E-state index contributed by atoms with van der Waals surface area (Å²) in [5.41, 5.74) is -0.159. The van der Waals surface area contributed by atoms with Crippen molar-refractivity contribution in [3.05, 3.63) is 0 Å². The number of carbonyl (C=O) groups is 1. The van der Waals surface area contributed by atoms with Crippen LogP contribution in [0, 0.1) is 12.3 Å². The Balaban J connectivity index is 4.10. The lowest BCUT2D eigenvalue weighted by atomic mass is 10.1. The van der Waals surface area contributed by atoms with Gasteiger partial charge in [-0.05, 0) is 20.8 Å². The van der Waals surface area contributed by atoms with E-state index in [9.17, 15) is 4.79 Å². The van der Waals surface area contributed by atoms with Crippen molar-refractivity contribution >= 4 is 6.41 Å². The van der Waals surface area contributed by atoms with Crippen LogP contribution in [-0.4, -0.2) is 23.4 Å². The normalized spacial score (nSPS) is 10.2. The highest BCUT2D eigenvalue weighted by Gasteiger charge is 2.17. The summed E-state index contributed by atoms with van der Waals surface area (Å²) in [5, 5.41) is 0. The van der Waals surface area contributed by atoms with Gasteiger partial charge in [0.05, 0.1) is 6.54 Å². The Labute approximate surface area is 62.2 Å². The number of terminal acetylenes is 1. The molecular weight excluding hydrogens is 126 g/mol. The van der Waals surface area contributed by atoms with Crippen LogP contribution in [0.4, 0.5) is 0 Å². The molecule has 0 aliphatic carbocycles. The molecule has 0 rings (SSSR count). The number of hydrogen-bond acceptors (Lipinski definition) is 1. The van der Waals surface area contributed by atoms with Crippen LogP contribution >= 0.6 is 0 Å². The molecule has 2 heteroatoms. The maximum Gasteiger partial charge on any atom is 0.210 e. The van der Waals surface area contributed by atoms with Crippen molar-refractivity contribution in [1.82, 2.24) is 4.90 Å². The fourth-order valence-corrected chi connectivity index (χ4v) is 0.531. The smallest absolute Gasteiger partial charge is 0.210 e. The van der Waals surface area contributed by atoms with Crippen molar-refractivity contribution in [2.45, 2.75) is 26.3 Å². The summed E-state index contributed by atoms with van der Waals surface area (Å²) in [4.78, 5) is 11.9. The van der Waals surface area contributed by atoms with Crippen LogP contribution in [0.1, 0.15) is 20.8 Å². The van der Waals surface area contributed by atoms with Gasteiger partial charge in [-0.25, -0.2) is 0 Å². The van der Waals surface area contributed by atoms with Gasteiger partial charge in [0.1, 0.15) is 0 Å². The van der Waals surface area contributed by atoms with Crippen LogP contribution < -0.4 is 0 Å². The predicted octanol–water partition coefficient (Wildman–Crippen LogP) is 0.877. The van der Waals surface area contributed by atoms with Gasteiger partial charge in [-0.15, -0.1) is 6.42 Å². The van der Waals surface area contributed by atoms with Crippen molar-refractivity contribution in [2.75, 3.05) is 6.54 Å². The van der Waals surface area contributed by atoms with E-state index in [2.05, 4.69) is 5.92 Å². The molecule has 0 atom stereocenters. The highest BCUT2D eigenvalue weighted by molar-refractivity contribution is 5.49. The van der Waals surface area contributed by atoms with Crippen molar-refractivity contribution in [1.29, 1.82) is 0 Å². The highest BCUT2D eigenvalue weighted by atomic mass is 16.1. The van der Waals surface area contributed by atoms with Gasteiger partial charge < -0.3 is 4.90 Å². The number of hydrogen-bond donors (Lipinski definition) is 0. The van der Waals surface area contributed by atoms with Crippen LogP contribution in [0.5, 0.6) is 0 Å². The van der Waals surface area contributed by atoms with Gasteiger partial charge >= 0.3 is 0 Å². The second-order valence-corrected chi connectivity index (χ2v) is 3.11. The van der Waals surface area contributed by atoms with E-state index < -0.39 is 0 Å². The van der Waals surface area contributed by atoms with Crippen LogP contribution in [-0.2, 0) is 4.79 Å². The molecule has 0 heterocycles. The first-order chi connectivity index (χ1) is 4.52. The molecule has 0 aromatic rings. The summed E-state index contributed by atoms with van der Waals surface area (Å²) in [6.45, 7) is 6.21. The second-order valence-electron chi connectivity index (χ2n) is 3.11. The fourth-order valence-electron chi connectivity index (χ4n) is 0.531. The summed E-state index contributed by atoms with van der Waals surface area (Å²) in [5.74, 6) is 2.42. The SMILES string of the molecule is C#CCN(C=O)C(C)(C)C. The number of amides is 1. The predicted molar refractivity (Wildman–Crippen MR) is 41.4 cm³/mol. The Kier molecular flexibility index (Phi) is 2.95. The highest BCUT2D eigenvalue weighted by Crippen LogP contribution is 2.08. The van der Waals surface area contributed by atoms with Gasteiger partial charge in [0.15, 0.2) is 0 Å². The molecule has 2 nitrogen and oxygen atoms in total. The van der Waals surface area contributed by atoms with E-state index in [0.717, 1.165) is 6.41 Å². The van der Waals surface area contributed by atoms with Crippen molar-refractivity contribution < 1.29 is 4.79 Å². The first-order valence-corrected chi connectivity index (χ1v) is 3.18. The lowest BCUT2D eigenvalue weighted by Crippen LogP contribution is -2.40.